The van der Waals surface area contributed by atoms with Gasteiger partial charge in [0.25, 0.3) is 5.91 Å². The van der Waals surface area contributed by atoms with Crippen LogP contribution in [0.2, 0.25) is 5.02 Å². The van der Waals surface area contributed by atoms with Crippen LogP contribution in [-0.4, -0.2) is 26.9 Å². The summed E-state index contributed by atoms with van der Waals surface area (Å²) >= 11 is 6.09. The number of hydrogen-bond donors (Lipinski definition) is 0. The van der Waals surface area contributed by atoms with E-state index in [4.69, 9.17) is 16.6 Å². The molecule has 0 N–H and O–H groups in total. The van der Waals surface area contributed by atoms with Gasteiger partial charge in [-0.05, 0) is 55.5 Å². The maximum absolute atomic E-state index is 13.1. The highest BCUT2D eigenvalue weighted by molar-refractivity contribution is 6.30. The van der Waals surface area contributed by atoms with Crippen molar-refractivity contribution in [1.29, 1.82) is 0 Å². The Kier molecular flexibility index (Phi) is 5.17. The van der Waals surface area contributed by atoms with E-state index in [9.17, 15) is 4.79 Å². The van der Waals surface area contributed by atoms with Crippen LogP contribution >= 0.6 is 11.6 Å². The van der Waals surface area contributed by atoms with Crippen molar-refractivity contribution in [2.45, 2.75) is 39.3 Å². The molecule has 2 aromatic carbocycles. The maximum Gasteiger partial charge on any atom is 0.254 e. The number of halogens is 1. The minimum atomic E-state index is 0.00405. The van der Waals surface area contributed by atoms with E-state index in [0.29, 0.717) is 23.7 Å². The van der Waals surface area contributed by atoms with Gasteiger partial charge in [-0.3, -0.25) is 4.79 Å². The van der Waals surface area contributed by atoms with Crippen LogP contribution in [0.1, 0.15) is 42.4 Å². The molecule has 3 aromatic rings. The minimum Gasteiger partial charge on any atom is -0.331 e. The molecule has 0 unspecified atom stereocenters. The molecule has 0 bridgehead atoms. The van der Waals surface area contributed by atoms with Crippen molar-refractivity contribution in [2.75, 3.05) is 6.54 Å². The fourth-order valence-corrected chi connectivity index (χ4v) is 3.70. The smallest absolute Gasteiger partial charge is 0.254 e. The van der Waals surface area contributed by atoms with Gasteiger partial charge in [-0.2, -0.15) is 0 Å². The van der Waals surface area contributed by atoms with Crippen molar-refractivity contribution in [1.82, 2.24) is 14.5 Å². The van der Waals surface area contributed by atoms with Crippen LogP contribution in [0.25, 0.3) is 11.0 Å². The lowest BCUT2D eigenvalue weighted by Gasteiger charge is -2.22. The lowest BCUT2D eigenvalue weighted by molar-refractivity contribution is 0.0737. The average molecular weight is 382 g/mol. The van der Waals surface area contributed by atoms with E-state index >= 15 is 0 Å². The molecule has 5 heteroatoms. The summed E-state index contributed by atoms with van der Waals surface area (Å²) in [5, 5.41) is 0.582. The number of amides is 1. The number of rotatable bonds is 7. The van der Waals surface area contributed by atoms with Crippen molar-refractivity contribution in [3.63, 3.8) is 0 Å². The lowest BCUT2D eigenvalue weighted by atomic mass is 10.2. The number of hydrogen-bond acceptors (Lipinski definition) is 2. The van der Waals surface area contributed by atoms with E-state index in [1.807, 2.05) is 29.2 Å². The SMILES string of the molecule is CCCN(Cc1nc2ccccc2n1CC1CC1)C(=O)c1cccc(Cl)c1. The summed E-state index contributed by atoms with van der Waals surface area (Å²) < 4.78 is 2.31. The topological polar surface area (TPSA) is 38.1 Å². The highest BCUT2D eigenvalue weighted by Crippen LogP contribution is 2.32. The summed E-state index contributed by atoms with van der Waals surface area (Å²) in [6.07, 6.45) is 3.47. The van der Waals surface area contributed by atoms with E-state index in [-0.39, 0.29) is 5.91 Å². The standard InChI is InChI=1S/C22H24ClN3O/c1-2-12-25(22(27)17-6-5-7-18(23)13-17)15-21-24-19-8-3-4-9-20(19)26(21)14-16-10-11-16/h3-9,13,16H,2,10-12,14-15H2,1H3. The molecule has 0 spiro atoms. The Morgan fingerprint density at radius 1 is 1.22 bits per heavy atom. The van der Waals surface area contributed by atoms with Crippen LogP contribution in [0.4, 0.5) is 0 Å². The second kappa shape index (κ2) is 7.73. The van der Waals surface area contributed by atoms with E-state index < -0.39 is 0 Å². The number of aromatic nitrogens is 2. The number of nitrogens with zero attached hydrogens (tertiary/aromatic N) is 3. The second-order valence-electron chi connectivity index (χ2n) is 7.31. The Hall–Kier alpha value is -2.33. The quantitative estimate of drug-likeness (QED) is 0.567. The van der Waals surface area contributed by atoms with Gasteiger partial charge in [-0.1, -0.05) is 36.7 Å². The second-order valence-corrected chi connectivity index (χ2v) is 7.74. The van der Waals surface area contributed by atoms with E-state index in [2.05, 4.69) is 23.6 Å². The first-order chi connectivity index (χ1) is 13.2. The van der Waals surface area contributed by atoms with Crippen LogP contribution in [-0.2, 0) is 13.1 Å². The summed E-state index contributed by atoms with van der Waals surface area (Å²) in [4.78, 5) is 19.8. The van der Waals surface area contributed by atoms with Gasteiger partial charge >= 0.3 is 0 Å². The van der Waals surface area contributed by atoms with Gasteiger partial charge in [0.2, 0.25) is 0 Å². The van der Waals surface area contributed by atoms with Gasteiger partial charge < -0.3 is 9.47 Å². The van der Waals surface area contributed by atoms with Crippen molar-refractivity contribution in [3.05, 3.63) is 64.9 Å². The Balaban J connectivity index is 1.66. The normalized spacial score (nSPS) is 13.9. The fraction of sp³-hybridized carbons (Fsp3) is 0.364. The third-order valence-corrected chi connectivity index (χ3v) is 5.29. The number of imidazole rings is 1. The summed E-state index contributed by atoms with van der Waals surface area (Å²) in [5.41, 5.74) is 2.78. The first-order valence-corrected chi connectivity index (χ1v) is 10.0. The summed E-state index contributed by atoms with van der Waals surface area (Å²) in [7, 11) is 0. The number of para-hydroxylation sites is 2. The molecule has 0 atom stereocenters. The Morgan fingerprint density at radius 3 is 2.78 bits per heavy atom. The van der Waals surface area contributed by atoms with Crippen molar-refractivity contribution in [2.24, 2.45) is 5.92 Å². The lowest BCUT2D eigenvalue weighted by Crippen LogP contribution is -2.32. The molecule has 1 aliphatic rings. The molecular weight excluding hydrogens is 358 g/mol. The maximum atomic E-state index is 13.1. The Morgan fingerprint density at radius 2 is 2.04 bits per heavy atom. The van der Waals surface area contributed by atoms with Crippen LogP contribution < -0.4 is 0 Å². The average Bonchev–Trinajstić information content (AvgIpc) is 3.43. The van der Waals surface area contributed by atoms with Gasteiger partial charge in [-0.15, -0.1) is 0 Å². The Labute approximate surface area is 164 Å². The first kappa shape index (κ1) is 18.1. The highest BCUT2D eigenvalue weighted by atomic mass is 35.5. The fourth-order valence-electron chi connectivity index (χ4n) is 3.51. The number of fused-ring (bicyclic) bond motifs is 1. The molecule has 4 nitrogen and oxygen atoms in total. The van der Waals surface area contributed by atoms with E-state index in [1.165, 1.54) is 12.8 Å². The zero-order valence-corrected chi connectivity index (χ0v) is 16.3. The molecule has 0 aliphatic heterocycles. The van der Waals surface area contributed by atoms with Crippen molar-refractivity contribution < 1.29 is 4.79 Å². The molecule has 140 valence electrons. The van der Waals surface area contributed by atoms with Gasteiger partial charge in [0.1, 0.15) is 5.82 Å². The molecule has 1 saturated carbocycles. The third-order valence-electron chi connectivity index (χ3n) is 5.06. The third kappa shape index (κ3) is 4.01. The summed E-state index contributed by atoms with van der Waals surface area (Å²) in [5.74, 6) is 1.71. The molecule has 4 rings (SSSR count). The van der Waals surface area contributed by atoms with Gasteiger partial charge in [-0.25, -0.2) is 4.98 Å². The molecule has 1 fully saturated rings. The predicted molar refractivity (Wildman–Crippen MR) is 109 cm³/mol. The monoisotopic (exact) mass is 381 g/mol. The van der Waals surface area contributed by atoms with Crippen molar-refractivity contribution in [3.8, 4) is 0 Å². The molecule has 1 heterocycles. The van der Waals surface area contributed by atoms with Crippen molar-refractivity contribution >= 4 is 28.5 Å². The highest BCUT2D eigenvalue weighted by Gasteiger charge is 2.25. The number of carbonyl (C=O) groups is 1. The minimum absolute atomic E-state index is 0.00405. The molecule has 27 heavy (non-hydrogen) atoms. The summed E-state index contributed by atoms with van der Waals surface area (Å²) in [6.45, 7) is 4.28. The largest absolute Gasteiger partial charge is 0.331 e. The predicted octanol–water partition coefficient (Wildman–Crippen LogP) is 5.15. The van der Waals surface area contributed by atoms with Crippen LogP contribution in [0, 0.1) is 5.92 Å². The van der Waals surface area contributed by atoms with Crippen LogP contribution in [0.5, 0.6) is 0 Å². The van der Waals surface area contributed by atoms with Gasteiger partial charge in [0.15, 0.2) is 0 Å². The Bertz CT molecular complexity index is 961. The molecular formula is C22H24ClN3O. The van der Waals surface area contributed by atoms with Crippen LogP contribution in [0.3, 0.4) is 0 Å². The zero-order chi connectivity index (χ0) is 18.8. The molecule has 0 radical (unpaired) electrons. The first-order valence-electron chi connectivity index (χ1n) is 9.64. The molecule has 1 aromatic heterocycles. The molecule has 0 saturated heterocycles. The van der Waals surface area contributed by atoms with Gasteiger partial charge in [0, 0.05) is 23.7 Å². The summed E-state index contributed by atoms with van der Waals surface area (Å²) in [6, 6.07) is 15.4. The van der Waals surface area contributed by atoms with E-state index in [0.717, 1.165) is 35.7 Å². The zero-order valence-electron chi connectivity index (χ0n) is 15.6. The molecule has 1 aliphatic carbocycles. The van der Waals surface area contributed by atoms with Crippen LogP contribution in [0.15, 0.2) is 48.5 Å². The number of benzene rings is 2. The molecule has 1 amide bonds. The van der Waals surface area contributed by atoms with Gasteiger partial charge in [0.05, 0.1) is 17.6 Å². The van der Waals surface area contributed by atoms with E-state index in [1.54, 1.807) is 12.1 Å². The number of carbonyl (C=O) groups excluding carboxylic acids is 1.